The maximum absolute atomic E-state index is 5.29. The topological polar surface area (TPSA) is 73.6 Å². The molecule has 0 atom stereocenters. The van der Waals surface area contributed by atoms with E-state index in [0.29, 0.717) is 5.78 Å². The summed E-state index contributed by atoms with van der Waals surface area (Å²) >= 11 is 0. The number of benzene rings is 2. The van der Waals surface area contributed by atoms with Crippen molar-refractivity contribution in [1.82, 2.24) is 19.6 Å². The van der Waals surface area contributed by atoms with Crippen LogP contribution in [0.1, 0.15) is 5.56 Å². The Hall–Kier alpha value is -3.61. The van der Waals surface area contributed by atoms with E-state index in [0.717, 1.165) is 41.5 Å². The maximum Gasteiger partial charge on any atom is 0.254 e. The summed E-state index contributed by atoms with van der Waals surface area (Å²) in [5.41, 5.74) is 3.01. The highest BCUT2D eigenvalue weighted by molar-refractivity contribution is 5.66. The van der Waals surface area contributed by atoms with Gasteiger partial charge in [-0.2, -0.15) is 14.6 Å². The molecule has 7 nitrogen and oxygen atoms in total. The molecule has 0 radical (unpaired) electrons. The lowest BCUT2D eigenvalue weighted by molar-refractivity contribution is 0.414. The van der Waals surface area contributed by atoms with Crippen molar-refractivity contribution in [2.75, 3.05) is 26.1 Å². The molecule has 0 aliphatic heterocycles. The van der Waals surface area contributed by atoms with Crippen molar-refractivity contribution in [3.8, 4) is 22.8 Å². The molecule has 0 aliphatic rings. The maximum atomic E-state index is 5.29. The number of aromatic nitrogens is 4. The minimum atomic E-state index is 0.553. The van der Waals surface area contributed by atoms with Gasteiger partial charge in [-0.3, -0.25) is 0 Å². The summed E-state index contributed by atoms with van der Waals surface area (Å²) in [6, 6.07) is 17.9. The average Bonchev–Trinajstić information content (AvgIpc) is 3.23. The average molecular weight is 375 g/mol. The van der Waals surface area contributed by atoms with Crippen LogP contribution in [0.5, 0.6) is 11.5 Å². The Morgan fingerprint density at radius 3 is 2.57 bits per heavy atom. The van der Waals surface area contributed by atoms with Crippen LogP contribution in [0.2, 0.25) is 0 Å². The fraction of sp³-hybridized carbons (Fsp3) is 0.190. The van der Waals surface area contributed by atoms with Crippen LogP contribution >= 0.6 is 0 Å². The first-order chi connectivity index (χ1) is 13.8. The first-order valence-corrected chi connectivity index (χ1v) is 8.99. The fourth-order valence-corrected chi connectivity index (χ4v) is 3.01. The summed E-state index contributed by atoms with van der Waals surface area (Å²) in [5.74, 6) is 3.07. The SMILES string of the molecule is COc1ccc(-c2cc(NCCc3cccc(OC)c3)n3ncnc3n2)cc1. The van der Waals surface area contributed by atoms with E-state index in [9.17, 15) is 0 Å². The molecule has 0 unspecified atom stereocenters. The molecule has 4 aromatic rings. The quantitative estimate of drug-likeness (QED) is 0.533. The van der Waals surface area contributed by atoms with Gasteiger partial charge in [0.05, 0.1) is 19.9 Å². The molecule has 2 aromatic carbocycles. The fourth-order valence-electron chi connectivity index (χ4n) is 3.01. The number of nitrogens with zero attached hydrogens (tertiary/aromatic N) is 4. The number of ether oxygens (including phenoxy) is 2. The smallest absolute Gasteiger partial charge is 0.254 e. The molecule has 7 heteroatoms. The number of rotatable bonds is 7. The molecular formula is C21H21N5O2. The van der Waals surface area contributed by atoms with Gasteiger partial charge in [-0.05, 0) is 48.4 Å². The number of nitrogens with one attached hydrogen (secondary N) is 1. The van der Waals surface area contributed by atoms with Crippen LogP contribution in [0.25, 0.3) is 17.0 Å². The van der Waals surface area contributed by atoms with E-state index in [1.165, 1.54) is 11.9 Å². The summed E-state index contributed by atoms with van der Waals surface area (Å²) in [6.07, 6.45) is 2.36. The Morgan fingerprint density at radius 2 is 1.79 bits per heavy atom. The molecule has 0 amide bonds. The highest BCUT2D eigenvalue weighted by Gasteiger charge is 2.09. The van der Waals surface area contributed by atoms with E-state index >= 15 is 0 Å². The third-order valence-corrected chi connectivity index (χ3v) is 4.49. The van der Waals surface area contributed by atoms with Gasteiger partial charge in [0.2, 0.25) is 0 Å². The van der Waals surface area contributed by atoms with Gasteiger partial charge in [0, 0.05) is 18.2 Å². The van der Waals surface area contributed by atoms with Gasteiger partial charge < -0.3 is 14.8 Å². The van der Waals surface area contributed by atoms with Crippen LogP contribution in [0, 0.1) is 0 Å². The Kier molecular flexibility index (Phi) is 5.05. The number of hydrogen-bond acceptors (Lipinski definition) is 6. The number of anilines is 1. The second-order valence-corrected chi connectivity index (χ2v) is 6.26. The lowest BCUT2D eigenvalue weighted by Gasteiger charge is -2.11. The van der Waals surface area contributed by atoms with Gasteiger partial charge in [-0.1, -0.05) is 12.1 Å². The molecule has 0 fully saturated rings. The summed E-state index contributed by atoms with van der Waals surface area (Å²) in [7, 11) is 3.33. The first kappa shape index (κ1) is 17.8. The van der Waals surface area contributed by atoms with E-state index in [1.54, 1.807) is 18.7 Å². The number of fused-ring (bicyclic) bond motifs is 1. The Morgan fingerprint density at radius 1 is 0.964 bits per heavy atom. The van der Waals surface area contributed by atoms with Gasteiger partial charge in [-0.15, -0.1) is 0 Å². The van der Waals surface area contributed by atoms with Gasteiger partial charge in [0.25, 0.3) is 5.78 Å². The zero-order valence-corrected chi connectivity index (χ0v) is 15.8. The van der Waals surface area contributed by atoms with E-state index < -0.39 is 0 Å². The predicted octanol–water partition coefficient (Wildman–Crippen LogP) is 3.46. The monoisotopic (exact) mass is 375 g/mol. The van der Waals surface area contributed by atoms with E-state index in [-0.39, 0.29) is 0 Å². The van der Waals surface area contributed by atoms with Crippen molar-refractivity contribution < 1.29 is 9.47 Å². The summed E-state index contributed by atoms with van der Waals surface area (Å²) in [4.78, 5) is 8.85. The molecule has 2 aromatic heterocycles. The Bertz CT molecular complexity index is 1080. The van der Waals surface area contributed by atoms with Gasteiger partial charge in [0.15, 0.2) is 0 Å². The molecule has 4 rings (SSSR count). The molecule has 0 saturated heterocycles. The standard InChI is InChI=1S/C21H21N5O2/c1-27-17-8-6-16(7-9-17)19-13-20(26-21(25-19)23-14-24-26)22-11-10-15-4-3-5-18(12-15)28-2/h3-9,12-14,22H,10-11H2,1-2H3. The molecule has 0 bridgehead atoms. The van der Waals surface area contributed by atoms with Crippen LogP contribution in [0.3, 0.4) is 0 Å². The molecule has 0 aliphatic carbocycles. The molecular weight excluding hydrogens is 354 g/mol. The number of hydrogen-bond donors (Lipinski definition) is 1. The highest BCUT2D eigenvalue weighted by Crippen LogP contribution is 2.24. The lowest BCUT2D eigenvalue weighted by Crippen LogP contribution is -2.10. The Balaban J connectivity index is 1.56. The van der Waals surface area contributed by atoms with Crippen molar-refractivity contribution >= 4 is 11.6 Å². The van der Waals surface area contributed by atoms with Crippen LogP contribution in [-0.4, -0.2) is 40.3 Å². The van der Waals surface area contributed by atoms with Gasteiger partial charge in [0.1, 0.15) is 23.6 Å². The molecule has 28 heavy (non-hydrogen) atoms. The van der Waals surface area contributed by atoms with Crippen LogP contribution < -0.4 is 14.8 Å². The summed E-state index contributed by atoms with van der Waals surface area (Å²) in [6.45, 7) is 0.744. The van der Waals surface area contributed by atoms with E-state index in [1.807, 2.05) is 48.5 Å². The Labute approximate surface area is 163 Å². The zero-order chi connectivity index (χ0) is 19.3. The van der Waals surface area contributed by atoms with E-state index in [4.69, 9.17) is 9.47 Å². The third kappa shape index (κ3) is 3.73. The predicted molar refractivity (Wildman–Crippen MR) is 108 cm³/mol. The van der Waals surface area contributed by atoms with Crippen molar-refractivity contribution in [3.63, 3.8) is 0 Å². The third-order valence-electron chi connectivity index (χ3n) is 4.49. The number of methoxy groups -OCH3 is 2. The normalized spacial score (nSPS) is 10.8. The molecule has 1 N–H and O–H groups in total. The first-order valence-electron chi connectivity index (χ1n) is 8.99. The highest BCUT2D eigenvalue weighted by atomic mass is 16.5. The van der Waals surface area contributed by atoms with E-state index in [2.05, 4.69) is 26.4 Å². The summed E-state index contributed by atoms with van der Waals surface area (Å²) in [5, 5.41) is 7.72. The van der Waals surface area contributed by atoms with Crippen molar-refractivity contribution in [2.45, 2.75) is 6.42 Å². The lowest BCUT2D eigenvalue weighted by atomic mass is 10.1. The summed E-state index contributed by atoms with van der Waals surface area (Å²) < 4.78 is 12.2. The van der Waals surface area contributed by atoms with Crippen LogP contribution in [0.15, 0.2) is 60.9 Å². The molecule has 0 saturated carbocycles. The zero-order valence-electron chi connectivity index (χ0n) is 15.8. The van der Waals surface area contributed by atoms with Crippen molar-refractivity contribution in [1.29, 1.82) is 0 Å². The largest absolute Gasteiger partial charge is 0.497 e. The molecule has 0 spiro atoms. The van der Waals surface area contributed by atoms with Crippen LogP contribution in [0.4, 0.5) is 5.82 Å². The minimum absolute atomic E-state index is 0.553. The van der Waals surface area contributed by atoms with Crippen LogP contribution in [-0.2, 0) is 6.42 Å². The second kappa shape index (κ2) is 7.96. The van der Waals surface area contributed by atoms with Gasteiger partial charge >= 0.3 is 0 Å². The molecule has 2 heterocycles. The molecule has 142 valence electrons. The van der Waals surface area contributed by atoms with Crippen molar-refractivity contribution in [2.24, 2.45) is 0 Å². The second-order valence-electron chi connectivity index (χ2n) is 6.26. The van der Waals surface area contributed by atoms with Gasteiger partial charge in [-0.25, -0.2) is 4.98 Å². The minimum Gasteiger partial charge on any atom is -0.497 e. The van der Waals surface area contributed by atoms with Crippen molar-refractivity contribution in [3.05, 3.63) is 66.5 Å².